The van der Waals surface area contributed by atoms with Crippen LogP contribution in [-0.2, 0) is 6.54 Å². The number of rotatable bonds is 3. The van der Waals surface area contributed by atoms with Crippen LogP contribution in [0.1, 0.15) is 11.4 Å². The van der Waals surface area contributed by atoms with Crippen LogP contribution in [0.15, 0.2) is 22.7 Å². The highest BCUT2D eigenvalue weighted by atomic mass is 19.1. The van der Waals surface area contributed by atoms with Crippen molar-refractivity contribution in [2.45, 2.75) is 13.5 Å². The van der Waals surface area contributed by atoms with Gasteiger partial charge in [0.2, 0.25) is 0 Å². The van der Waals surface area contributed by atoms with Gasteiger partial charge in [0.1, 0.15) is 11.6 Å². The second-order valence-corrected chi connectivity index (χ2v) is 3.20. The van der Waals surface area contributed by atoms with Crippen molar-refractivity contribution < 1.29 is 13.3 Å². The SMILES string of the molecule is Cc1noc(NCc2c(F)cccc2F)n1. The first-order valence-corrected chi connectivity index (χ1v) is 4.64. The first kappa shape index (κ1) is 10.5. The number of aromatic nitrogens is 2. The second kappa shape index (κ2) is 4.26. The van der Waals surface area contributed by atoms with Crippen LogP contribution in [0.5, 0.6) is 0 Å². The van der Waals surface area contributed by atoms with Gasteiger partial charge in [-0.15, -0.1) is 0 Å². The Kier molecular flexibility index (Phi) is 2.80. The molecule has 0 amide bonds. The Hall–Kier alpha value is -1.98. The normalized spacial score (nSPS) is 10.4. The molecule has 0 radical (unpaired) electrons. The van der Waals surface area contributed by atoms with Gasteiger partial charge in [0.25, 0.3) is 0 Å². The van der Waals surface area contributed by atoms with E-state index in [2.05, 4.69) is 15.5 Å². The molecule has 0 bridgehead atoms. The van der Waals surface area contributed by atoms with E-state index in [9.17, 15) is 8.78 Å². The van der Waals surface area contributed by atoms with Crippen LogP contribution < -0.4 is 5.32 Å². The fourth-order valence-corrected chi connectivity index (χ4v) is 1.23. The largest absolute Gasteiger partial charge is 0.333 e. The molecule has 0 saturated carbocycles. The summed E-state index contributed by atoms with van der Waals surface area (Å²) in [5.41, 5.74) is -0.0571. The summed E-state index contributed by atoms with van der Waals surface area (Å²) in [6.45, 7) is 1.61. The molecule has 0 atom stereocenters. The van der Waals surface area contributed by atoms with Gasteiger partial charge in [-0.05, 0) is 19.1 Å². The molecule has 2 aromatic rings. The number of anilines is 1. The molecule has 0 aliphatic carbocycles. The Morgan fingerprint density at radius 2 is 2.00 bits per heavy atom. The lowest BCUT2D eigenvalue weighted by atomic mass is 10.2. The first-order valence-electron chi connectivity index (χ1n) is 4.64. The maximum atomic E-state index is 13.2. The summed E-state index contributed by atoms with van der Waals surface area (Å²) >= 11 is 0. The molecule has 6 heteroatoms. The Labute approximate surface area is 90.3 Å². The van der Waals surface area contributed by atoms with E-state index in [1.54, 1.807) is 6.92 Å². The van der Waals surface area contributed by atoms with Crippen LogP contribution in [0.3, 0.4) is 0 Å². The highest BCUT2D eigenvalue weighted by Gasteiger charge is 2.09. The van der Waals surface area contributed by atoms with Crippen LogP contribution in [0.4, 0.5) is 14.8 Å². The fraction of sp³-hybridized carbons (Fsp3) is 0.200. The predicted molar refractivity (Wildman–Crippen MR) is 52.7 cm³/mol. The molecule has 0 aliphatic heterocycles. The average molecular weight is 225 g/mol. The van der Waals surface area contributed by atoms with Gasteiger partial charge < -0.3 is 9.84 Å². The van der Waals surface area contributed by atoms with Crippen LogP contribution >= 0.6 is 0 Å². The molecule has 0 unspecified atom stereocenters. The van der Waals surface area contributed by atoms with E-state index in [4.69, 9.17) is 4.52 Å². The minimum atomic E-state index is -0.608. The van der Waals surface area contributed by atoms with Crippen LogP contribution in [0.2, 0.25) is 0 Å². The molecule has 4 nitrogen and oxygen atoms in total. The monoisotopic (exact) mass is 225 g/mol. The zero-order valence-corrected chi connectivity index (χ0v) is 8.50. The molecule has 1 aromatic carbocycles. The van der Waals surface area contributed by atoms with Gasteiger partial charge in [0.05, 0.1) is 6.54 Å². The summed E-state index contributed by atoms with van der Waals surface area (Å²) in [7, 11) is 0. The maximum Gasteiger partial charge on any atom is 0.321 e. The molecule has 1 N–H and O–H groups in total. The van der Waals surface area contributed by atoms with Gasteiger partial charge in [-0.25, -0.2) is 8.78 Å². The minimum Gasteiger partial charge on any atom is -0.333 e. The number of hydrogen-bond donors (Lipinski definition) is 1. The first-order chi connectivity index (χ1) is 7.66. The molecule has 2 rings (SSSR count). The smallest absolute Gasteiger partial charge is 0.321 e. The van der Waals surface area contributed by atoms with Gasteiger partial charge in [-0.3, -0.25) is 0 Å². The van der Waals surface area contributed by atoms with E-state index < -0.39 is 11.6 Å². The summed E-state index contributed by atoms with van der Waals surface area (Å²) in [6.07, 6.45) is 0. The third kappa shape index (κ3) is 2.16. The third-order valence-electron chi connectivity index (χ3n) is 2.01. The molecule has 16 heavy (non-hydrogen) atoms. The quantitative estimate of drug-likeness (QED) is 0.870. The third-order valence-corrected chi connectivity index (χ3v) is 2.01. The summed E-state index contributed by atoms with van der Waals surface area (Å²) in [5.74, 6) is -0.760. The molecule has 0 saturated heterocycles. The van der Waals surface area contributed by atoms with E-state index >= 15 is 0 Å². The van der Waals surface area contributed by atoms with Crippen LogP contribution in [0.25, 0.3) is 0 Å². The van der Waals surface area contributed by atoms with E-state index in [1.165, 1.54) is 18.2 Å². The van der Waals surface area contributed by atoms with Crippen molar-refractivity contribution in [2.24, 2.45) is 0 Å². The molecular weight excluding hydrogens is 216 g/mol. The Balaban J connectivity index is 2.10. The Morgan fingerprint density at radius 3 is 2.56 bits per heavy atom. The fourth-order valence-electron chi connectivity index (χ4n) is 1.23. The van der Waals surface area contributed by atoms with Crippen molar-refractivity contribution in [1.29, 1.82) is 0 Å². The topological polar surface area (TPSA) is 51.0 Å². The lowest BCUT2D eigenvalue weighted by Crippen LogP contribution is -2.04. The second-order valence-electron chi connectivity index (χ2n) is 3.20. The highest BCUT2D eigenvalue weighted by molar-refractivity contribution is 5.26. The molecule has 1 aromatic heterocycles. The Morgan fingerprint density at radius 1 is 1.31 bits per heavy atom. The molecule has 0 spiro atoms. The summed E-state index contributed by atoms with van der Waals surface area (Å²) in [4.78, 5) is 3.85. The summed E-state index contributed by atoms with van der Waals surface area (Å²) in [6, 6.07) is 3.84. The molecule has 84 valence electrons. The lowest BCUT2D eigenvalue weighted by Gasteiger charge is -2.04. The lowest BCUT2D eigenvalue weighted by molar-refractivity contribution is 0.424. The minimum absolute atomic E-state index is 0.0415. The van der Waals surface area contributed by atoms with Crippen LogP contribution in [0, 0.1) is 18.6 Å². The summed E-state index contributed by atoms with van der Waals surface area (Å²) < 4.78 is 31.2. The predicted octanol–water partition coefficient (Wildman–Crippen LogP) is 2.27. The number of benzene rings is 1. The standard InChI is InChI=1S/C10H9F2N3O/c1-6-14-10(16-15-6)13-5-7-8(11)3-2-4-9(7)12/h2-4H,5H2,1H3,(H,13,14,15). The van der Waals surface area contributed by atoms with Crippen molar-refractivity contribution in [3.8, 4) is 0 Å². The zero-order chi connectivity index (χ0) is 11.5. The van der Waals surface area contributed by atoms with Crippen molar-refractivity contribution in [3.05, 3.63) is 41.2 Å². The summed E-state index contributed by atoms with van der Waals surface area (Å²) in [5, 5.41) is 6.18. The van der Waals surface area contributed by atoms with Gasteiger partial charge >= 0.3 is 6.01 Å². The van der Waals surface area contributed by atoms with Gasteiger partial charge in [0.15, 0.2) is 5.82 Å². The van der Waals surface area contributed by atoms with Crippen molar-refractivity contribution >= 4 is 6.01 Å². The average Bonchev–Trinajstić information content (AvgIpc) is 2.63. The van der Waals surface area contributed by atoms with Gasteiger partial charge in [0, 0.05) is 5.56 Å². The molecule has 1 heterocycles. The van der Waals surface area contributed by atoms with E-state index in [0.29, 0.717) is 5.82 Å². The van der Waals surface area contributed by atoms with Crippen molar-refractivity contribution in [2.75, 3.05) is 5.32 Å². The van der Waals surface area contributed by atoms with E-state index in [1.807, 2.05) is 0 Å². The Bertz CT molecular complexity index is 478. The number of nitrogens with zero attached hydrogens (tertiary/aromatic N) is 2. The van der Waals surface area contributed by atoms with E-state index in [-0.39, 0.29) is 18.1 Å². The number of nitrogens with one attached hydrogen (secondary N) is 1. The number of aryl methyl sites for hydroxylation is 1. The van der Waals surface area contributed by atoms with Gasteiger partial charge in [-0.1, -0.05) is 11.2 Å². The number of hydrogen-bond acceptors (Lipinski definition) is 4. The van der Waals surface area contributed by atoms with Crippen molar-refractivity contribution in [3.63, 3.8) is 0 Å². The molecule has 0 aliphatic rings. The maximum absolute atomic E-state index is 13.2. The zero-order valence-electron chi connectivity index (χ0n) is 8.50. The number of halogens is 2. The highest BCUT2D eigenvalue weighted by Crippen LogP contribution is 2.13. The molecular formula is C10H9F2N3O. The van der Waals surface area contributed by atoms with Crippen LogP contribution in [-0.4, -0.2) is 10.1 Å². The van der Waals surface area contributed by atoms with E-state index in [0.717, 1.165) is 0 Å². The van der Waals surface area contributed by atoms with Gasteiger partial charge in [-0.2, -0.15) is 4.98 Å². The molecule has 0 fully saturated rings. The van der Waals surface area contributed by atoms with Crippen molar-refractivity contribution in [1.82, 2.24) is 10.1 Å².